The number of carbonyl (C=O) groups is 2. The van der Waals surface area contributed by atoms with Crippen molar-refractivity contribution in [2.45, 2.75) is 46.2 Å². The largest absolute Gasteiger partial charge is 0.437 e. The van der Waals surface area contributed by atoms with Gasteiger partial charge >= 0.3 is 6.18 Å². The number of alkyl halides is 3. The Morgan fingerprint density at radius 1 is 1.05 bits per heavy atom. The van der Waals surface area contributed by atoms with E-state index in [0.29, 0.717) is 27.6 Å². The van der Waals surface area contributed by atoms with Crippen molar-refractivity contribution < 1.29 is 27.2 Å². The van der Waals surface area contributed by atoms with E-state index in [2.05, 4.69) is 16.4 Å². The number of aromatic nitrogens is 1. The first kappa shape index (κ1) is 28.6. The number of benzene rings is 2. The molecule has 40 heavy (non-hydrogen) atoms. The fourth-order valence-electron chi connectivity index (χ4n) is 4.42. The summed E-state index contributed by atoms with van der Waals surface area (Å²) in [7, 11) is 1.48. The number of Topliss-reactive ketones (excluding diaryl/α,β-unsaturated/α-hetero) is 1. The van der Waals surface area contributed by atoms with Gasteiger partial charge in [-0.2, -0.15) is 18.4 Å². The van der Waals surface area contributed by atoms with Gasteiger partial charge in [0.25, 0.3) is 5.91 Å². The van der Waals surface area contributed by atoms with Crippen LogP contribution in [0.1, 0.15) is 58.7 Å². The number of nitriles is 1. The maximum atomic E-state index is 13.2. The molecule has 4 rings (SSSR count). The van der Waals surface area contributed by atoms with Crippen LogP contribution >= 0.6 is 0 Å². The number of rotatable bonds is 8. The van der Waals surface area contributed by atoms with Gasteiger partial charge in [0, 0.05) is 36.6 Å². The summed E-state index contributed by atoms with van der Waals surface area (Å²) in [6.45, 7) is 5.24. The minimum Gasteiger partial charge on any atom is -0.437 e. The van der Waals surface area contributed by atoms with Gasteiger partial charge in [-0.3, -0.25) is 9.59 Å². The van der Waals surface area contributed by atoms with Gasteiger partial charge in [-0.1, -0.05) is 48.0 Å². The molecule has 2 aromatic carbocycles. The molecule has 0 aliphatic heterocycles. The van der Waals surface area contributed by atoms with Crippen LogP contribution in [0, 0.1) is 23.7 Å². The second-order valence-electron chi connectivity index (χ2n) is 10.4. The van der Waals surface area contributed by atoms with Crippen LogP contribution in [0.25, 0.3) is 33.6 Å². The predicted molar refractivity (Wildman–Crippen MR) is 146 cm³/mol. The van der Waals surface area contributed by atoms with E-state index in [-0.39, 0.29) is 34.9 Å². The average molecular weight is 548 g/mol. The number of halogens is 3. The van der Waals surface area contributed by atoms with Crippen molar-refractivity contribution in [3.63, 3.8) is 0 Å². The van der Waals surface area contributed by atoms with Crippen LogP contribution in [0.3, 0.4) is 0 Å². The van der Waals surface area contributed by atoms with Crippen LogP contribution in [0.15, 0.2) is 59.0 Å². The molecule has 2 aromatic heterocycles. The number of aryl methyl sites for hydroxylation is 2. The van der Waals surface area contributed by atoms with Crippen molar-refractivity contribution in [2.24, 2.45) is 5.41 Å². The van der Waals surface area contributed by atoms with Crippen molar-refractivity contribution in [1.29, 1.82) is 5.26 Å². The monoisotopic (exact) mass is 547 g/mol. The first-order chi connectivity index (χ1) is 18.8. The summed E-state index contributed by atoms with van der Waals surface area (Å²) in [5.74, 6) is -0.452. The zero-order valence-electron chi connectivity index (χ0n) is 22.6. The summed E-state index contributed by atoms with van der Waals surface area (Å²) in [5, 5.41) is 12.3. The van der Waals surface area contributed by atoms with E-state index in [1.165, 1.54) is 7.05 Å². The van der Waals surface area contributed by atoms with Crippen molar-refractivity contribution in [3.05, 3.63) is 77.0 Å². The maximum Gasteiger partial charge on any atom is 0.389 e. The van der Waals surface area contributed by atoms with E-state index >= 15 is 0 Å². The molecular formula is C31H28F3N3O3. The highest BCUT2D eigenvalue weighted by Crippen LogP contribution is 2.38. The molecule has 9 heteroatoms. The molecule has 1 amide bonds. The summed E-state index contributed by atoms with van der Waals surface area (Å²) in [5.41, 5.74) is 2.26. The summed E-state index contributed by atoms with van der Waals surface area (Å²) in [6.07, 6.45) is -5.97. The summed E-state index contributed by atoms with van der Waals surface area (Å²) >= 11 is 0. The molecule has 6 nitrogen and oxygen atoms in total. The second-order valence-corrected chi connectivity index (χ2v) is 10.4. The molecule has 0 radical (unpaired) electrons. The molecule has 0 fully saturated rings. The predicted octanol–water partition coefficient (Wildman–Crippen LogP) is 7.45. The summed E-state index contributed by atoms with van der Waals surface area (Å²) < 4.78 is 45.8. The number of furan rings is 1. The molecule has 0 atom stereocenters. The Balaban J connectivity index is 1.92. The van der Waals surface area contributed by atoms with E-state index < -0.39 is 30.3 Å². The molecule has 0 spiro atoms. The lowest BCUT2D eigenvalue weighted by Gasteiger charge is -2.15. The first-order valence-electron chi connectivity index (χ1n) is 12.7. The first-order valence-corrected chi connectivity index (χ1v) is 12.7. The molecule has 206 valence electrons. The lowest BCUT2D eigenvalue weighted by molar-refractivity contribution is -0.134. The number of amides is 1. The Morgan fingerprint density at radius 2 is 1.75 bits per heavy atom. The normalized spacial score (nSPS) is 11.8. The third kappa shape index (κ3) is 6.23. The highest BCUT2D eigenvalue weighted by atomic mass is 19.4. The van der Waals surface area contributed by atoms with Crippen molar-refractivity contribution >= 4 is 22.8 Å². The Bertz CT molecular complexity index is 1630. The number of pyridine rings is 1. The fraction of sp³-hybridized carbons (Fsp3) is 0.290. The lowest BCUT2D eigenvalue weighted by atomic mass is 9.86. The van der Waals surface area contributed by atoms with Crippen LogP contribution in [0.5, 0.6) is 0 Å². The van der Waals surface area contributed by atoms with E-state index in [1.54, 1.807) is 56.3 Å². The number of ketones is 1. The maximum absolute atomic E-state index is 13.2. The molecule has 0 unspecified atom stereocenters. The third-order valence-corrected chi connectivity index (χ3v) is 6.58. The Morgan fingerprint density at radius 3 is 2.38 bits per heavy atom. The minimum absolute atomic E-state index is 0.0202. The topological polar surface area (TPSA) is 96.0 Å². The summed E-state index contributed by atoms with van der Waals surface area (Å²) in [4.78, 5) is 30.4. The van der Waals surface area contributed by atoms with Gasteiger partial charge in [-0.15, -0.1) is 0 Å². The van der Waals surface area contributed by atoms with Crippen molar-refractivity contribution in [1.82, 2.24) is 10.3 Å². The molecule has 4 aromatic rings. The van der Waals surface area contributed by atoms with E-state index in [9.17, 15) is 28.0 Å². The molecule has 0 aliphatic rings. The quantitative estimate of drug-likeness (QED) is 0.231. The molecule has 1 N–H and O–H groups in total. The van der Waals surface area contributed by atoms with E-state index in [1.807, 2.05) is 19.1 Å². The smallest absolute Gasteiger partial charge is 0.389 e. The fourth-order valence-corrected chi connectivity index (χ4v) is 4.42. The van der Waals surface area contributed by atoms with Gasteiger partial charge in [0.15, 0.2) is 5.78 Å². The molecule has 2 heterocycles. The number of hydrogen-bond donors (Lipinski definition) is 1. The van der Waals surface area contributed by atoms with Crippen molar-refractivity contribution in [2.75, 3.05) is 7.05 Å². The van der Waals surface area contributed by atoms with E-state index in [0.717, 1.165) is 5.56 Å². The highest BCUT2D eigenvalue weighted by molar-refractivity contribution is 6.11. The highest BCUT2D eigenvalue weighted by Gasteiger charge is 2.29. The zero-order chi connectivity index (χ0) is 29.2. The molecule has 0 saturated heterocycles. The molecular weight excluding hydrogens is 519 g/mol. The van der Waals surface area contributed by atoms with Gasteiger partial charge in [0.1, 0.15) is 5.76 Å². The average Bonchev–Trinajstić information content (AvgIpc) is 3.29. The van der Waals surface area contributed by atoms with Crippen LogP contribution in [0.4, 0.5) is 13.2 Å². The van der Waals surface area contributed by atoms with Crippen LogP contribution in [0.2, 0.25) is 0 Å². The van der Waals surface area contributed by atoms with Crippen LogP contribution in [-0.4, -0.2) is 29.9 Å². The van der Waals surface area contributed by atoms with Gasteiger partial charge in [-0.25, -0.2) is 4.98 Å². The van der Waals surface area contributed by atoms with Crippen molar-refractivity contribution in [3.8, 4) is 28.5 Å². The third-order valence-electron chi connectivity index (χ3n) is 6.58. The van der Waals surface area contributed by atoms with Gasteiger partial charge < -0.3 is 9.73 Å². The van der Waals surface area contributed by atoms with Gasteiger partial charge in [0.2, 0.25) is 5.71 Å². The number of nitrogens with zero attached hydrogens (tertiary/aromatic N) is 2. The Kier molecular flexibility index (Phi) is 7.83. The molecule has 0 bridgehead atoms. The Labute approximate surface area is 229 Å². The van der Waals surface area contributed by atoms with Gasteiger partial charge in [-0.05, 0) is 44.9 Å². The van der Waals surface area contributed by atoms with Crippen LogP contribution in [-0.2, 0) is 6.42 Å². The Hall–Kier alpha value is -4.45. The number of fused-ring (bicyclic) bond motifs is 1. The number of hydrogen-bond acceptors (Lipinski definition) is 5. The van der Waals surface area contributed by atoms with E-state index in [4.69, 9.17) is 4.42 Å². The number of nitrogens with one attached hydrogen (secondary N) is 1. The molecule has 0 saturated carbocycles. The minimum atomic E-state index is -4.42. The standard InChI is InChI=1S/C31H28F3N3O3/c1-18-8-10-19(11-9-18)27-26(28(39)36-4)23-15-22(24(37-29(23)40-27)12-13-31(32,33)34)20-6-5-7-21(14-20)25(38)16-30(2,3)17-35/h5-11,14-15H,12-13,16H2,1-4H3,(H,36,39). The zero-order valence-corrected chi connectivity index (χ0v) is 22.6. The lowest BCUT2D eigenvalue weighted by Crippen LogP contribution is -2.18. The number of carbonyl (C=O) groups excluding carboxylic acids is 2. The molecule has 0 aliphatic carbocycles. The van der Waals surface area contributed by atoms with Gasteiger partial charge in [0.05, 0.1) is 28.1 Å². The SMILES string of the molecule is CNC(=O)c1c(-c2ccc(C)cc2)oc2nc(CCC(F)(F)F)c(-c3cccc(C(=O)CC(C)(C)C#N)c3)cc12. The summed E-state index contributed by atoms with van der Waals surface area (Å²) in [6, 6.07) is 17.5. The van der Waals surface area contributed by atoms with Crippen LogP contribution < -0.4 is 5.32 Å². The second kappa shape index (κ2) is 11.0.